The molecule has 1 aliphatic heterocycles. The van der Waals surface area contributed by atoms with Crippen LogP contribution >= 0.6 is 0 Å². The van der Waals surface area contributed by atoms with Crippen molar-refractivity contribution in [2.75, 3.05) is 4.90 Å². The van der Waals surface area contributed by atoms with Gasteiger partial charge in [-0.3, -0.25) is 0 Å². The van der Waals surface area contributed by atoms with Crippen LogP contribution in [-0.4, -0.2) is 10.1 Å². The summed E-state index contributed by atoms with van der Waals surface area (Å²) in [5.41, 5.74) is 8.25. The number of phenols is 1. The monoisotopic (exact) mass is 406 g/mol. The minimum Gasteiger partial charge on any atom is -0.508 e. The summed E-state index contributed by atoms with van der Waals surface area (Å²) in [7, 11) is 0. The summed E-state index contributed by atoms with van der Waals surface area (Å²) in [6.45, 7) is 7.34. The lowest BCUT2D eigenvalue weighted by Crippen LogP contribution is -2.23. The van der Waals surface area contributed by atoms with Gasteiger partial charge >= 0.3 is 0 Å². The zero-order valence-corrected chi connectivity index (χ0v) is 18.1. The van der Waals surface area contributed by atoms with Crippen LogP contribution in [0.1, 0.15) is 31.9 Å². The summed E-state index contributed by atoms with van der Waals surface area (Å²) in [5.74, 6) is 1.16. The number of phenolic OH excluding ortho intramolecular Hbond substituents is 1. The van der Waals surface area contributed by atoms with Crippen LogP contribution in [0.25, 0.3) is 22.3 Å². The Labute approximate surface area is 183 Å². The molecule has 154 valence electrons. The second-order valence-corrected chi connectivity index (χ2v) is 9.18. The molecule has 0 aliphatic carbocycles. The molecule has 1 N–H and O–H groups in total. The quantitative estimate of drug-likeness (QED) is 0.387. The van der Waals surface area contributed by atoms with Gasteiger partial charge in [-0.1, -0.05) is 63.2 Å². The number of benzene rings is 3. The SMILES string of the molecule is CC(C)(C)c1ccnc(N2Cc3cc(-c4ccccc4)ccc3-c3ccc(O)cc32)c1. The van der Waals surface area contributed by atoms with E-state index in [1.165, 1.54) is 27.8 Å². The standard InChI is InChI=1S/C28H26N2O/c1-28(2,3)22-13-14-29-27(16-22)30-18-21-15-20(19-7-5-4-6-8-19)9-11-24(21)25-12-10-23(31)17-26(25)30/h4-17,31H,18H2,1-3H3. The van der Waals surface area contributed by atoms with Gasteiger partial charge in [0.15, 0.2) is 0 Å². The molecule has 0 unspecified atom stereocenters. The first-order chi connectivity index (χ1) is 14.9. The second kappa shape index (κ2) is 7.28. The number of fused-ring (bicyclic) bond motifs is 3. The van der Waals surface area contributed by atoms with Gasteiger partial charge in [-0.2, -0.15) is 0 Å². The van der Waals surface area contributed by atoms with Gasteiger partial charge in [-0.25, -0.2) is 4.98 Å². The van der Waals surface area contributed by atoms with E-state index in [0.29, 0.717) is 6.54 Å². The van der Waals surface area contributed by atoms with Crippen molar-refractivity contribution in [3.8, 4) is 28.0 Å². The highest BCUT2D eigenvalue weighted by Gasteiger charge is 2.26. The van der Waals surface area contributed by atoms with Crippen LogP contribution in [0.15, 0.2) is 85.1 Å². The van der Waals surface area contributed by atoms with E-state index < -0.39 is 0 Å². The van der Waals surface area contributed by atoms with Crippen molar-refractivity contribution in [3.05, 3.63) is 96.2 Å². The van der Waals surface area contributed by atoms with E-state index in [1.54, 1.807) is 6.07 Å². The van der Waals surface area contributed by atoms with Crippen molar-refractivity contribution >= 4 is 11.5 Å². The van der Waals surface area contributed by atoms with Gasteiger partial charge in [0.05, 0.1) is 12.2 Å². The molecule has 0 saturated heterocycles. The third kappa shape index (κ3) is 3.57. The van der Waals surface area contributed by atoms with Gasteiger partial charge in [0.1, 0.15) is 11.6 Å². The van der Waals surface area contributed by atoms with Gasteiger partial charge in [0.25, 0.3) is 0 Å². The Balaban J connectivity index is 1.66. The fraction of sp³-hybridized carbons (Fsp3) is 0.179. The fourth-order valence-electron chi connectivity index (χ4n) is 4.26. The van der Waals surface area contributed by atoms with Crippen LogP contribution in [0.5, 0.6) is 5.75 Å². The van der Waals surface area contributed by atoms with E-state index >= 15 is 0 Å². The maximum atomic E-state index is 10.2. The first-order valence-electron chi connectivity index (χ1n) is 10.7. The van der Waals surface area contributed by atoms with E-state index in [4.69, 9.17) is 4.98 Å². The van der Waals surface area contributed by atoms with Crippen LogP contribution < -0.4 is 4.90 Å². The Kier molecular flexibility index (Phi) is 4.55. The summed E-state index contributed by atoms with van der Waals surface area (Å²) in [5, 5.41) is 10.2. The van der Waals surface area contributed by atoms with Crippen LogP contribution in [-0.2, 0) is 12.0 Å². The Morgan fingerprint density at radius 3 is 2.35 bits per heavy atom. The zero-order chi connectivity index (χ0) is 21.6. The molecule has 1 aliphatic rings. The first kappa shape index (κ1) is 19.4. The van der Waals surface area contributed by atoms with E-state index in [-0.39, 0.29) is 11.2 Å². The zero-order valence-electron chi connectivity index (χ0n) is 18.1. The molecule has 0 atom stereocenters. The molecular formula is C28H26N2O. The molecule has 2 heterocycles. The molecule has 0 fully saturated rings. The van der Waals surface area contributed by atoms with E-state index in [0.717, 1.165) is 17.1 Å². The molecule has 0 bridgehead atoms. The predicted molar refractivity (Wildman–Crippen MR) is 128 cm³/mol. The third-order valence-electron chi connectivity index (χ3n) is 5.99. The Morgan fingerprint density at radius 2 is 1.58 bits per heavy atom. The van der Waals surface area contributed by atoms with E-state index in [9.17, 15) is 5.11 Å². The van der Waals surface area contributed by atoms with Crippen molar-refractivity contribution in [1.29, 1.82) is 0 Å². The smallest absolute Gasteiger partial charge is 0.133 e. The number of hydrogen-bond acceptors (Lipinski definition) is 3. The second-order valence-electron chi connectivity index (χ2n) is 9.18. The number of aromatic hydroxyl groups is 1. The van der Waals surface area contributed by atoms with Crippen molar-refractivity contribution in [2.45, 2.75) is 32.7 Å². The minimum absolute atomic E-state index is 0.0352. The molecule has 5 rings (SSSR count). The number of hydrogen-bond donors (Lipinski definition) is 1. The largest absolute Gasteiger partial charge is 0.508 e. The molecule has 0 amide bonds. The average molecular weight is 407 g/mol. The first-order valence-corrected chi connectivity index (χ1v) is 10.7. The number of nitrogens with zero attached hydrogens (tertiary/aromatic N) is 2. The van der Waals surface area contributed by atoms with Gasteiger partial charge in [0, 0.05) is 17.8 Å². The fourth-order valence-corrected chi connectivity index (χ4v) is 4.26. The van der Waals surface area contributed by atoms with Crippen LogP contribution in [0.3, 0.4) is 0 Å². The summed E-state index contributed by atoms with van der Waals surface area (Å²) in [6.07, 6.45) is 1.88. The summed E-state index contributed by atoms with van der Waals surface area (Å²) in [4.78, 5) is 6.91. The minimum atomic E-state index is 0.0352. The Morgan fingerprint density at radius 1 is 0.806 bits per heavy atom. The lowest BCUT2D eigenvalue weighted by Gasteiger charge is -2.33. The molecule has 0 spiro atoms. The Bertz CT molecular complexity index is 1260. The summed E-state index contributed by atoms with van der Waals surface area (Å²) >= 11 is 0. The van der Waals surface area contributed by atoms with Crippen LogP contribution in [0.4, 0.5) is 11.5 Å². The van der Waals surface area contributed by atoms with Gasteiger partial charge < -0.3 is 10.0 Å². The van der Waals surface area contributed by atoms with E-state index in [2.05, 4.69) is 80.3 Å². The molecule has 0 radical (unpaired) electrons. The molecule has 3 nitrogen and oxygen atoms in total. The molecule has 0 saturated carbocycles. The van der Waals surface area contributed by atoms with Crippen molar-refractivity contribution in [2.24, 2.45) is 0 Å². The summed E-state index contributed by atoms with van der Waals surface area (Å²) < 4.78 is 0. The Hall–Kier alpha value is -3.59. The summed E-state index contributed by atoms with van der Waals surface area (Å²) in [6, 6.07) is 27.0. The van der Waals surface area contributed by atoms with Crippen LogP contribution in [0.2, 0.25) is 0 Å². The highest BCUT2D eigenvalue weighted by atomic mass is 16.3. The number of pyridine rings is 1. The van der Waals surface area contributed by atoms with Crippen molar-refractivity contribution in [1.82, 2.24) is 4.98 Å². The number of rotatable bonds is 2. The third-order valence-corrected chi connectivity index (χ3v) is 5.99. The highest BCUT2D eigenvalue weighted by Crippen LogP contribution is 2.45. The molecule has 3 aromatic carbocycles. The lowest BCUT2D eigenvalue weighted by molar-refractivity contribution is 0.475. The molecule has 3 heteroatoms. The normalized spacial score (nSPS) is 12.9. The molecular weight excluding hydrogens is 380 g/mol. The topological polar surface area (TPSA) is 36.4 Å². The van der Waals surface area contributed by atoms with Gasteiger partial charge in [-0.05, 0) is 63.6 Å². The molecule has 4 aromatic rings. The van der Waals surface area contributed by atoms with E-state index in [1.807, 2.05) is 24.4 Å². The number of anilines is 2. The predicted octanol–water partition coefficient (Wildman–Crippen LogP) is 7.07. The van der Waals surface area contributed by atoms with Crippen LogP contribution in [0, 0.1) is 0 Å². The molecule has 1 aromatic heterocycles. The van der Waals surface area contributed by atoms with Crippen molar-refractivity contribution in [3.63, 3.8) is 0 Å². The maximum Gasteiger partial charge on any atom is 0.133 e. The maximum absolute atomic E-state index is 10.2. The van der Waals surface area contributed by atoms with Gasteiger partial charge in [0.2, 0.25) is 0 Å². The highest BCUT2D eigenvalue weighted by molar-refractivity contribution is 5.88. The number of aromatic nitrogens is 1. The van der Waals surface area contributed by atoms with Gasteiger partial charge in [-0.15, -0.1) is 0 Å². The van der Waals surface area contributed by atoms with Crippen molar-refractivity contribution < 1.29 is 5.11 Å². The average Bonchev–Trinajstić information content (AvgIpc) is 2.78. The lowest BCUT2D eigenvalue weighted by atomic mass is 9.87. The molecule has 31 heavy (non-hydrogen) atoms.